The van der Waals surface area contributed by atoms with Gasteiger partial charge in [-0.1, -0.05) is 26.2 Å². The van der Waals surface area contributed by atoms with E-state index in [2.05, 4.69) is 28.2 Å². The largest absolute Gasteiger partial charge is 0.492 e. The topological polar surface area (TPSA) is 56.8 Å². The number of unbranched alkanes of at least 4 members (excludes halogenated alkanes) is 3. The van der Waals surface area contributed by atoms with Gasteiger partial charge in [0.2, 0.25) is 0 Å². The lowest BCUT2D eigenvalue weighted by atomic mass is 10.2. The molecular weight excluding hydrogens is 446 g/mol. The highest BCUT2D eigenvalue weighted by molar-refractivity contribution is 9.10. The van der Waals surface area contributed by atoms with E-state index >= 15 is 0 Å². The van der Waals surface area contributed by atoms with Crippen LogP contribution in [-0.2, 0) is 4.74 Å². The van der Waals surface area contributed by atoms with Gasteiger partial charge in [-0.15, -0.1) is 0 Å². The molecule has 2 aromatic carbocycles. The maximum absolute atomic E-state index is 12.6. The summed E-state index contributed by atoms with van der Waals surface area (Å²) in [5.74, 6) is 1.36. The molecule has 0 bridgehead atoms. The third kappa shape index (κ3) is 7.03. The van der Waals surface area contributed by atoms with Crippen LogP contribution in [0.15, 0.2) is 46.9 Å². The van der Waals surface area contributed by atoms with E-state index in [1.54, 1.807) is 12.1 Å². The molecule has 1 amide bonds. The molecule has 1 heterocycles. The lowest BCUT2D eigenvalue weighted by Crippen LogP contribution is -2.16. The highest BCUT2D eigenvalue weighted by atomic mass is 79.9. The summed E-state index contributed by atoms with van der Waals surface area (Å²) in [7, 11) is 0. The number of benzene rings is 2. The fraction of sp³-hybridized carbons (Fsp3) is 0.458. The summed E-state index contributed by atoms with van der Waals surface area (Å²) < 4.78 is 17.9. The third-order valence-electron chi connectivity index (χ3n) is 5.02. The molecule has 1 atom stereocenters. The van der Waals surface area contributed by atoms with Crippen molar-refractivity contribution in [2.24, 2.45) is 0 Å². The van der Waals surface area contributed by atoms with E-state index in [0.29, 0.717) is 18.8 Å². The molecule has 0 radical (unpaired) electrons. The van der Waals surface area contributed by atoms with Crippen molar-refractivity contribution in [3.63, 3.8) is 0 Å². The molecule has 1 saturated heterocycles. The third-order valence-corrected chi connectivity index (χ3v) is 5.64. The summed E-state index contributed by atoms with van der Waals surface area (Å²) >= 11 is 3.51. The van der Waals surface area contributed by atoms with Gasteiger partial charge in [-0.3, -0.25) is 4.79 Å². The lowest BCUT2D eigenvalue weighted by molar-refractivity contribution is 0.0679. The lowest BCUT2D eigenvalue weighted by Gasteiger charge is -2.12. The van der Waals surface area contributed by atoms with E-state index in [4.69, 9.17) is 14.2 Å². The summed E-state index contributed by atoms with van der Waals surface area (Å²) in [6.07, 6.45) is 6.98. The number of hydrogen-bond acceptors (Lipinski definition) is 4. The van der Waals surface area contributed by atoms with E-state index in [0.717, 1.165) is 47.5 Å². The number of nitrogens with one attached hydrogen (secondary N) is 1. The van der Waals surface area contributed by atoms with Crippen LogP contribution in [-0.4, -0.2) is 31.8 Å². The molecule has 3 rings (SSSR count). The number of amides is 1. The van der Waals surface area contributed by atoms with Crippen LogP contribution in [0.1, 0.15) is 55.8 Å². The minimum atomic E-state index is -0.168. The van der Waals surface area contributed by atoms with Gasteiger partial charge in [0.1, 0.15) is 18.1 Å². The van der Waals surface area contributed by atoms with Gasteiger partial charge >= 0.3 is 0 Å². The molecule has 2 aromatic rings. The number of anilines is 1. The van der Waals surface area contributed by atoms with Crippen molar-refractivity contribution in [2.75, 3.05) is 25.1 Å². The first kappa shape index (κ1) is 22.6. The molecule has 1 fully saturated rings. The van der Waals surface area contributed by atoms with Gasteiger partial charge in [-0.05, 0) is 77.7 Å². The van der Waals surface area contributed by atoms with Crippen LogP contribution in [0.4, 0.5) is 5.69 Å². The maximum atomic E-state index is 12.6. The van der Waals surface area contributed by atoms with Crippen molar-refractivity contribution in [3.8, 4) is 11.5 Å². The van der Waals surface area contributed by atoms with E-state index in [-0.39, 0.29) is 12.0 Å². The molecular formula is C24H30BrNO4. The van der Waals surface area contributed by atoms with Crippen molar-refractivity contribution >= 4 is 27.5 Å². The summed E-state index contributed by atoms with van der Waals surface area (Å²) in [5, 5.41) is 2.91. The van der Waals surface area contributed by atoms with Gasteiger partial charge < -0.3 is 19.5 Å². The van der Waals surface area contributed by atoms with Gasteiger partial charge in [-0.25, -0.2) is 0 Å². The van der Waals surface area contributed by atoms with Crippen molar-refractivity contribution in [1.82, 2.24) is 0 Å². The SMILES string of the molecule is CCCCCCOc1ccc(C(=O)Nc2ccc(OCC3CCCO3)cc2)cc1Br. The number of hydrogen-bond donors (Lipinski definition) is 1. The highest BCUT2D eigenvalue weighted by Gasteiger charge is 2.16. The Labute approximate surface area is 187 Å². The van der Waals surface area contributed by atoms with Gasteiger partial charge in [0.25, 0.3) is 5.91 Å². The van der Waals surface area contributed by atoms with E-state index in [9.17, 15) is 4.79 Å². The quantitative estimate of drug-likeness (QED) is 0.392. The molecule has 0 spiro atoms. The first-order valence-corrected chi connectivity index (χ1v) is 11.5. The van der Waals surface area contributed by atoms with Gasteiger partial charge in [0.15, 0.2) is 0 Å². The van der Waals surface area contributed by atoms with Gasteiger partial charge in [0, 0.05) is 17.9 Å². The molecule has 0 aliphatic carbocycles. The highest BCUT2D eigenvalue weighted by Crippen LogP contribution is 2.27. The fourth-order valence-electron chi connectivity index (χ4n) is 3.27. The Hall–Kier alpha value is -2.05. The number of ether oxygens (including phenoxy) is 3. The number of halogens is 1. The van der Waals surface area contributed by atoms with Crippen LogP contribution in [0.3, 0.4) is 0 Å². The Balaban J connectivity index is 1.48. The standard InChI is InChI=1S/C24H30BrNO4/c1-2-3-4-5-14-29-23-13-8-18(16-22(23)25)24(27)26-19-9-11-20(12-10-19)30-17-21-7-6-15-28-21/h8-13,16,21H,2-7,14-15,17H2,1H3,(H,26,27). The second kappa shape index (κ2) is 12.0. The molecule has 1 aliphatic rings. The maximum Gasteiger partial charge on any atom is 0.255 e. The second-order valence-corrected chi connectivity index (χ2v) is 8.33. The monoisotopic (exact) mass is 475 g/mol. The zero-order chi connectivity index (χ0) is 21.2. The molecule has 5 nitrogen and oxygen atoms in total. The van der Waals surface area contributed by atoms with Crippen molar-refractivity contribution in [3.05, 3.63) is 52.5 Å². The Morgan fingerprint density at radius 3 is 2.67 bits per heavy atom. The summed E-state index contributed by atoms with van der Waals surface area (Å²) in [4.78, 5) is 12.6. The van der Waals surface area contributed by atoms with Gasteiger partial charge in [0.05, 0.1) is 17.2 Å². The minimum absolute atomic E-state index is 0.168. The number of carbonyl (C=O) groups excluding carboxylic acids is 1. The van der Waals surface area contributed by atoms with Gasteiger partial charge in [-0.2, -0.15) is 0 Å². The average molecular weight is 476 g/mol. The normalized spacial score (nSPS) is 15.7. The molecule has 0 aromatic heterocycles. The summed E-state index contributed by atoms with van der Waals surface area (Å²) in [6.45, 7) is 4.26. The Morgan fingerprint density at radius 2 is 1.97 bits per heavy atom. The smallest absolute Gasteiger partial charge is 0.255 e. The molecule has 6 heteroatoms. The van der Waals surface area contributed by atoms with Crippen LogP contribution in [0.5, 0.6) is 11.5 Å². The predicted octanol–water partition coefficient (Wildman–Crippen LogP) is 6.22. The predicted molar refractivity (Wildman–Crippen MR) is 123 cm³/mol. The average Bonchev–Trinajstić information content (AvgIpc) is 3.28. The first-order valence-electron chi connectivity index (χ1n) is 10.7. The van der Waals surface area contributed by atoms with Crippen LogP contribution < -0.4 is 14.8 Å². The molecule has 30 heavy (non-hydrogen) atoms. The molecule has 1 unspecified atom stereocenters. The number of carbonyl (C=O) groups is 1. The summed E-state index contributed by atoms with van der Waals surface area (Å²) in [6, 6.07) is 12.8. The van der Waals surface area contributed by atoms with Crippen LogP contribution >= 0.6 is 15.9 Å². The molecule has 0 saturated carbocycles. The Kier molecular flexibility index (Phi) is 9.02. The van der Waals surface area contributed by atoms with Crippen LogP contribution in [0.25, 0.3) is 0 Å². The number of rotatable bonds is 11. The summed E-state index contributed by atoms with van der Waals surface area (Å²) in [5.41, 5.74) is 1.29. The molecule has 1 N–H and O–H groups in total. The van der Waals surface area contributed by atoms with Crippen molar-refractivity contribution in [1.29, 1.82) is 0 Å². The zero-order valence-corrected chi connectivity index (χ0v) is 19.1. The van der Waals surface area contributed by atoms with E-state index in [1.807, 2.05) is 30.3 Å². The molecule has 1 aliphatic heterocycles. The van der Waals surface area contributed by atoms with E-state index in [1.165, 1.54) is 19.3 Å². The first-order chi connectivity index (χ1) is 14.7. The second-order valence-electron chi connectivity index (χ2n) is 7.48. The van der Waals surface area contributed by atoms with Crippen LogP contribution in [0, 0.1) is 0 Å². The molecule has 162 valence electrons. The Bertz CT molecular complexity index is 803. The van der Waals surface area contributed by atoms with Crippen molar-refractivity contribution in [2.45, 2.75) is 51.6 Å². The fourth-order valence-corrected chi connectivity index (χ4v) is 3.77. The minimum Gasteiger partial charge on any atom is -0.492 e. The van der Waals surface area contributed by atoms with Crippen molar-refractivity contribution < 1.29 is 19.0 Å². The zero-order valence-electron chi connectivity index (χ0n) is 17.5. The van der Waals surface area contributed by atoms with E-state index < -0.39 is 0 Å². The Morgan fingerprint density at radius 1 is 1.13 bits per heavy atom. The van der Waals surface area contributed by atoms with Crippen LogP contribution in [0.2, 0.25) is 0 Å².